The summed E-state index contributed by atoms with van der Waals surface area (Å²) in [5, 5.41) is 5.73. The Morgan fingerprint density at radius 3 is 1.77 bits per heavy atom. The molecule has 0 amide bonds. The monoisotopic (exact) mass is 462 g/mol. The molecule has 11 heteroatoms. The van der Waals surface area contributed by atoms with E-state index in [1.54, 1.807) is 51.7 Å². The Morgan fingerprint density at radius 1 is 0.871 bits per heavy atom. The van der Waals surface area contributed by atoms with Crippen LogP contribution in [0.1, 0.15) is 54.4 Å². The average molecular weight is 463 g/mol. The van der Waals surface area contributed by atoms with Crippen LogP contribution in [0, 0.1) is 11.8 Å². The Bertz CT molecular complexity index is 614. The minimum absolute atomic E-state index is 0.0482. The first kappa shape index (κ1) is 26.6. The fraction of sp³-hybridized carbons (Fsp3) is 1.00. The average Bonchev–Trinajstić information content (AvgIpc) is 2.66. The summed E-state index contributed by atoms with van der Waals surface area (Å²) in [6.07, 6.45) is -8.77. The fourth-order valence-electron chi connectivity index (χ4n) is 5.99. The minimum Gasteiger partial charge on any atom is -0.169 e. The zero-order valence-corrected chi connectivity index (χ0v) is 19.8. The molecule has 5 nitrogen and oxygen atoms in total. The SMILES string of the molecule is CCC(C)C1C(C)N(C)[N+]2(N(C)C1C(F)(F)F)N(CC)C(C)CC(C(F)(F)F)N2CC. The zero-order chi connectivity index (χ0) is 24.1. The minimum atomic E-state index is -4.59. The van der Waals surface area contributed by atoms with Crippen molar-refractivity contribution in [1.82, 2.24) is 20.0 Å². The third-order valence-corrected chi connectivity index (χ3v) is 7.54. The van der Waals surface area contributed by atoms with Crippen molar-refractivity contribution in [2.75, 3.05) is 27.2 Å². The Morgan fingerprint density at radius 2 is 1.39 bits per heavy atom. The summed E-state index contributed by atoms with van der Waals surface area (Å²) in [5.74, 6) is -1.03. The van der Waals surface area contributed by atoms with Crippen LogP contribution >= 0.6 is 0 Å². The van der Waals surface area contributed by atoms with Crippen LogP contribution < -0.4 is 0 Å². The van der Waals surface area contributed by atoms with Gasteiger partial charge in [0.25, 0.3) is 0 Å². The van der Waals surface area contributed by atoms with Gasteiger partial charge in [-0.05, 0) is 45.0 Å². The van der Waals surface area contributed by atoms with Gasteiger partial charge in [-0.15, -0.1) is 0 Å². The van der Waals surface area contributed by atoms with E-state index < -0.39 is 47.4 Å². The van der Waals surface area contributed by atoms with E-state index in [-0.39, 0.29) is 18.9 Å². The maximum Gasteiger partial charge on any atom is 0.409 e. The number of hydrogen-bond donors (Lipinski definition) is 0. The van der Waals surface area contributed by atoms with Gasteiger partial charge >= 0.3 is 12.4 Å². The van der Waals surface area contributed by atoms with Crippen LogP contribution in [0.5, 0.6) is 0 Å². The summed E-state index contributed by atoms with van der Waals surface area (Å²) in [5.41, 5.74) is 0. The third kappa shape index (κ3) is 4.09. The molecule has 0 aromatic rings. The molecular formula is C20H38F6N5+. The highest BCUT2D eigenvalue weighted by atomic mass is 19.4. The van der Waals surface area contributed by atoms with Gasteiger partial charge in [0.05, 0.1) is 25.2 Å². The second kappa shape index (κ2) is 8.96. The molecule has 0 saturated carbocycles. The first-order valence-electron chi connectivity index (χ1n) is 11.1. The highest BCUT2D eigenvalue weighted by Gasteiger charge is 2.71. The molecule has 0 N–H and O–H groups in total. The molecule has 0 bridgehead atoms. The van der Waals surface area contributed by atoms with E-state index >= 15 is 0 Å². The van der Waals surface area contributed by atoms with E-state index in [4.69, 9.17) is 0 Å². The molecular weight excluding hydrogens is 424 g/mol. The summed E-state index contributed by atoms with van der Waals surface area (Å²) < 4.78 is 86.0. The highest BCUT2D eigenvalue weighted by Crippen LogP contribution is 2.50. The quantitative estimate of drug-likeness (QED) is 0.444. The van der Waals surface area contributed by atoms with E-state index in [0.29, 0.717) is 13.0 Å². The van der Waals surface area contributed by atoms with Crippen LogP contribution in [0.25, 0.3) is 0 Å². The van der Waals surface area contributed by atoms with E-state index in [1.165, 1.54) is 12.1 Å². The van der Waals surface area contributed by atoms with Crippen molar-refractivity contribution in [1.29, 1.82) is 0 Å². The Hall–Kier alpha value is -0.620. The van der Waals surface area contributed by atoms with E-state index in [1.807, 2.05) is 6.92 Å². The first-order chi connectivity index (χ1) is 14.1. The molecule has 2 saturated heterocycles. The molecule has 0 aromatic carbocycles. The van der Waals surface area contributed by atoms with Gasteiger partial charge in [-0.1, -0.05) is 40.3 Å². The van der Waals surface area contributed by atoms with Crippen molar-refractivity contribution in [3.05, 3.63) is 0 Å². The van der Waals surface area contributed by atoms with Gasteiger partial charge in [0, 0.05) is 20.0 Å². The maximum absolute atomic E-state index is 14.5. The second-order valence-corrected chi connectivity index (χ2v) is 9.03. The lowest BCUT2D eigenvalue weighted by Crippen LogP contribution is -2.92. The lowest BCUT2D eigenvalue weighted by atomic mass is 9.79. The van der Waals surface area contributed by atoms with Crippen LogP contribution in [-0.4, -0.2) is 88.7 Å². The number of halogens is 6. The largest absolute Gasteiger partial charge is 0.409 e. The summed E-state index contributed by atoms with van der Waals surface area (Å²) in [6.45, 7) is 10.7. The van der Waals surface area contributed by atoms with Gasteiger partial charge in [0.1, 0.15) is 0 Å². The lowest BCUT2D eigenvalue weighted by molar-refractivity contribution is -1.30. The van der Waals surface area contributed by atoms with Crippen molar-refractivity contribution in [2.24, 2.45) is 11.8 Å². The molecule has 0 aliphatic carbocycles. The molecule has 7 unspecified atom stereocenters. The smallest absolute Gasteiger partial charge is 0.169 e. The van der Waals surface area contributed by atoms with Crippen molar-refractivity contribution < 1.29 is 31.3 Å². The molecule has 2 heterocycles. The third-order valence-electron chi connectivity index (χ3n) is 7.54. The molecule has 31 heavy (non-hydrogen) atoms. The molecule has 7 atom stereocenters. The summed E-state index contributed by atoms with van der Waals surface area (Å²) in [6, 6.07) is -4.89. The predicted molar refractivity (Wildman–Crippen MR) is 107 cm³/mol. The molecule has 2 aliphatic rings. The number of alkyl halides is 6. The van der Waals surface area contributed by atoms with E-state index in [0.717, 1.165) is 5.01 Å². The zero-order valence-electron chi connectivity index (χ0n) is 19.8. The molecule has 0 radical (unpaired) electrons. The van der Waals surface area contributed by atoms with Gasteiger partial charge in [-0.2, -0.15) is 26.3 Å². The van der Waals surface area contributed by atoms with Crippen LogP contribution in [0.15, 0.2) is 0 Å². The summed E-state index contributed by atoms with van der Waals surface area (Å²) in [7, 11) is 2.98. The van der Waals surface area contributed by atoms with Crippen molar-refractivity contribution in [3.8, 4) is 0 Å². The van der Waals surface area contributed by atoms with Crippen LogP contribution in [0.3, 0.4) is 0 Å². The van der Waals surface area contributed by atoms with Crippen LogP contribution in [-0.2, 0) is 0 Å². The van der Waals surface area contributed by atoms with Gasteiger partial charge in [-0.25, -0.2) is 0 Å². The van der Waals surface area contributed by atoms with Crippen LogP contribution in [0.4, 0.5) is 26.3 Å². The Labute approximate surface area is 182 Å². The van der Waals surface area contributed by atoms with Gasteiger partial charge in [-0.3, -0.25) is 0 Å². The molecule has 1 spiro atoms. The van der Waals surface area contributed by atoms with Crippen molar-refractivity contribution in [3.63, 3.8) is 0 Å². The van der Waals surface area contributed by atoms with Gasteiger partial charge in [0.15, 0.2) is 12.1 Å². The summed E-state index contributed by atoms with van der Waals surface area (Å²) in [4.78, 5) is -0.698. The van der Waals surface area contributed by atoms with Gasteiger partial charge < -0.3 is 0 Å². The van der Waals surface area contributed by atoms with E-state index in [9.17, 15) is 26.3 Å². The number of nitrogens with zero attached hydrogens (tertiary/aromatic N) is 5. The molecule has 184 valence electrons. The number of hydrogen-bond acceptors (Lipinski definition) is 4. The first-order valence-corrected chi connectivity index (χ1v) is 11.1. The van der Waals surface area contributed by atoms with Crippen molar-refractivity contribution >= 4 is 0 Å². The molecule has 2 aliphatic heterocycles. The molecule has 2 rings (SSSR count). The highest BCUT2D eigenvalue weighted by molar-refractivity contribution is 4.93. The van der Waals surface area contributed by atoms with Gasteiger partial charge in [0.2, 0.25) is 0 Å². The fourth-order valence-corrected chi connectivity index (χ4v) is 5.99. The summed E-state index contributed by atoms with van der Waals surface area (Å²) >= 11 is 0. The Balaban J connectivity index is 2.81. The number of quaternary nitrogens is 1. The van der Waals surface area contributed by atoms with Crippen LogP contribution in [0.2, 0.25) is 0 Å². The normalized spacial score (nSPS) is 38.7. The molecule has 0 aromatic heterocycles. The van der Waals surface area contributed by atoms with E-state index in [2.05, 4.69) is 0 Å². The predicted octanol–water partition coefficient (Wildman–Crippen LogP) is 4.69. The standard InChI is InChI=1S/C20H38F6N5/c1-9-13(4)17-15(6)27(7)31(28(8)18(17)20(24,25)26)29(10-2)14(5)12-16(19(21,22)23)30(31)11-3/h13-18H,9-12H2,1-8H3/q+1. The number of rotatable bonds is 4. The second-order valence-electron chi connectivity index (χ2n) is 9.03. The van der Waals surface area contributed by atoms with Crippen molar-refractivity contribution in [2.45, 2.75) is 90.9 Å². The lowest BCUT2D eigenvalue weighted by Gasteiger charge is -2.67. The topological polar surface area (TPSA) is 13.0 Å². The molecule has 2 fully saturated rings. The Kier molecular flexibility index (Phi) is 7.70. The maximum atomic E-state index is 14.5.